The Labute approximate surface area is 180 Å². The molecule has 1 fully saturated rings. The number of carbonyl (C=O) groups is 2. The number of rotatable bonds is 2. The van der Waals surface area contributed by atoms with E-state index in [0.717, 1.165) is 0 Å². The van der Waals surface area contributed by atoms with Crippen LogP contribution in [0.4, 0.5) is 4.79 Å². The Kier molecular flexibility index (Phi) is 5.93. The van der Waals surface area contributed by atoms with Crippen molar-refractivity contribution in [1.82, 2.24) is 23.9 Å². The second kappa shape index (κ2) is 8.16. The van der Waals surface area contributed by atoms with Gasteiger partial charge in [0.2, 0.25) is 0 Å². The molecule has 31 heavy (non-hydrogen) atoms. The van der Waals surface area contributed by atoms with Crippen LogP contribution >= 0.6 is 0 Å². The van der Waals surface area contributed by atoms with Crippen LogP contribution < -0.4 is 11.1 Å². The zero-order valence-electron chi connectivity index (χ0n) is 18.8. The van der Waals surface area contributed by atoms with Gasteiger partial charge >= 0.3 is 17.2 Å². The average molecular weight is 431 g/mol. The highest BCUT2D eigenvalue weighted by molar-refractivity contribution is 5.96. The van der Waals surface area contributed by atoms with E-state index in [0.29, 0.717) is 42.7 Å². The molecule has 0 atom stereocenters. The molecule has 0 N–H and O–H groups in total. The second-order valence-electron chi connectivity index (χ2n) is 9.00. The van der Waals surface area contributed by atoms with Crippen molar-refractivity contribution in [2.24, 2.45) is 7.05 Å². The van der Waals surface area contributed by atoms with Crippen LogP contribution in [0.15, 0.2) is 21.9 Å². The zero-order valence-corrected chi connectivity index (χ0v) is 18.8. The number of pyridine rings is 1. The van der Waals surface area contributed by atoms with Crippen LogP contribution in [0.25, 0.3) is 11.2 Å². The number of aromatic nitrogens is 3. The number of nitrogens with zero attached hydrogens (tertiary/aromatic N) is 5. The van der Waals surface area contributed by atoms with Gasteiger partial charge < -0.3 is 19.1 Å². The predicted molar refractivity (Wildman–Crippen MR) is 115 cm³/mol. The summed E-state index contributed by atoms with van der Waals surface area (Å²) >= 11 is 0. The first-order valence-electron chi connectivity index (χ1n) is 10.2. The van der Waals surface area contributed by atoms with Crippen LogP contribution in [0.5, 0.6) is 0 Å². The largest absolute Gasteiger partial charge is 0.444 e. The van der Waals surface area contributed by atoms with E-state index in [1.54, 1.807) is 25.1 Å². The van der Waals surface area contributed by atoms with Crippen LogP contribution in [0.3, 0.4) is 0 Å². The summed E-state index contributed by atoms with van der Waals surface area (Å²) in [4.78, 5) is 57.5. The summed E-state index contributed by atoms with van der Waals surface area (Å²) in [7, 11) is 4.75. The number of amides is 2. The Balaban J connectivity index is 1.96. The SMILES string of the molecule is CN(C)C(=O)c1cnc2c(c1)n(C)c(=O)c(=O)n2C1CCN(C(=O)OC(C)(C)C)CC1. The van der Waals surface area contributed by atoms with Gasteiger partial charge in [-0.3, -0.25) is 19.0 Å². The molecule has 1 aliphatic rings. The van der Waals surface area contributed by atoms with Crippen molar-refractivity contribution in [3.05, 3.63) is 38.5 Å². The molecule has 0 unspecified atom stereocenters. The monoisotopic (exact) mass is 431 g/mol. The number of fused-ring (bicyclic) bond motifs is 1. The third kappa shape index (κ3) is 4.47. The van der Waals surface area contributed by atoms with Gasteiger partial charge in [-0.2, -0.15) is 0 Å². The number of piperidine rings is 1. The van der Waals surface area contributed by atoms with Crippen molar-refractivity contribution in [3.63, 3.8) is 0 Å². The molecule has 0 saturated carbocycles. The molecule has 1 aliphatic heterocycles. The maximum atomic E-state index is 12.8. The summed E-state index contributed by atoms with van der Waals surface area (Å²) in [5, 5.41) is 0. The fourth-order valence-corrected chi connectivity index (χ4v) is 3.68. The molecule has 1 saturated heterocycles. The Morgan fingerprint density at radius 1 is 1.13 bits per heavy atom. The number of carbonyl (C=O) groups excluding carboxylic acids is 2. The summed E-state index contributed by atoms with van der Waals surface area (Å²) in [6, 6.07) is 1.29. The van der Waals surface area contributed by atoms with Crippen molar-refractivity contribution in [2.45, 2.75) is 45.3 Å². The molecular formula is C21H29N5O5. The van der Waals surface area contributed by atoms with Crippen LogP contribution in [0, 0.1) is 0 Å². The molecule has 2 aromatic heterocycles. The molecular weight excluding hydrogens is 402 g/mol. The van der Waals surface area contributed by atoms with E-state index in [-0.39, 0.29) is 11.9 Å². The molecule has 0 spiro atoms. The Morgan fingerprint density at radius 2 is 1.74 bits per heavy atom. The van der Waals surface area contributed by atoms with Gasteiger partial charge in [0.05, 0.1) is 11.1 Å². The maximum absolute atomic E-state index is 12.8. The summed E-state index contributed by atoms with van der Waals surface area (Å²) in [6.07, 6.45) is 2.00. The lowest BCUT2D eigenvalue weighted by molar-refractivity contribution is 0.0188. The Bertz CT molecular complexity index is 1130. The van der Waals surface area contributed by atoms with E-state index in [1.807, 2.05) is 20.8 Å². The first-order valence-corrected chi connectivity index (χ1v) is 10.2. The second-order valence-corrected chi connectivity index (χ2v) is 9.00. The number of hydrogen-bond donors (Lipinski definition) is 0. The maximum Gasteiger partial charge on any atom is 0.410 e. The van der Waals surface area contributed by atoms with E-state index >= 15 is 0 Å². The van der Waals surface area contributed by atoms with Crippen LogP contribution in [0.1, 0.15) is 50.0 Å². The molecule has 10 heteroatoms. The quantitative estimate of drug-likeness (QED) is 0.665. The minimum absolute atomic E-state index is 0.245. The van der Waals surface area contributed by atoms with Crippen molar-refractivity contribution < 1.29 is 14.3 Å². The van der Waals surface area contributed by atoms with Gasteiger partial charge in [0.15, 0.2) is 5.65 Å². The fraction of sp³-hybridized carbons (Fsp3) is 0.571. The molecule has 0 aromatic carbocycles. The van der Waals surface area contributed by atoms with E-state index < -0.39 is 22.8 Å². The molecule has 0 aliphatic carbocycles. The van der Waals surface area contributed by atoms with E-state index in [9.17, 15) is 19.2 Å². The van der Waals surface area contributed by atoms with E-state index in [4.69, 9.17) is 4.74 Å². The van der Waals surface area contributed by atoms with Crippen molar-refractivity contribution in [1.29, 1.82) is 0 Å². The van der Waals surface area contributed by atoms with Crippen molar-refractivity contribution >= 4 is 23.2 Å². The lowest BCUT2D eigenvalue weighted by atomic mass is 10.0. The van der Waals surface area contributed by atoms with Crippen LogP contribution in [-0.4, -0.2) is 68.7 Å². The van der Waals surface area contributed by atoms with Gasteiger partial charge in [-0.05, 0) is 39.7 Å². The highest BCUT2D eigenvalue weighted by atomic mass is 16.6. The number of ether oxygens (including phenoxy) is 1. The topological polar surface area (TPSA) is 107 Å². The van der Waals surface area contributed by atoms with Gasteiger partial charge in [-0.25, -0.2) is 9.78 Å². The molecule has 10 nitrogen and oxygen atoms in total. The fourth-order valence-electron chi connectivity index (χ4n) is 3.68. The van der Waals surface area contributed by atoms with Gasteiger partial charge in [0, 0.05) is 46.5 Å². The zero-order chi connectivity index (χ0) is 23.1. The molecule has 0 bridgehead atoms. The van der Waals surface area contributed by atoms with Gasteiger partial charge in [0.25, 0.3) is 5.91 Å². The Hall–Kier alpha value is -3.17. The van der Waals surface area contributed by atoms with E-state index in [2.05, 4.69) is 4.98 Å². The molecule has 3 heterocycles. The highest BCUT2D eigenvalue weighted by Gasteiger charge is 2.29. The summed E-state index contributed by atoms with van der Waals surface area (Å²) in [6.45, 7) is 6.23. The number of hydrogen-bond acceptors (Lipinski definition) is 6. The number of aryl methyl sites for hydroxylation is 1. The van der Waals surface area contributed by atoms with Crippen molar-refractivity contribution in [3.8, 4) is 0 Å². The molecule has 3 rings (SSSR count). The molecule has 168 valence electrons. The van der Waals surface area contributed by atoms with Gasteiger partial charge in [0.1, 0.15) is 5.60 Å². The average Bonchev–Trinajstić information content (AvgIpc) is 2.70. The third-order valence-corrected chi connectivity index (χ3v) is 5.28. The van der Waals surface area contributed by atoms with Crippen LogP contribution in [-0.2, 0) is 11.8 Å². The predicted octanol–water partition coefficient (Wildman–Crippen LogP) is 1.37. The summed E-state index contributed by atoms with van der Waals surface area (Å²) in [5.41, 5.74) is -0.844. The van der Waals surface area contributed by atoms with Gasteiger partial charge in [-0.15, -0.1) is 0 Å². The first-order chi connectivity index (χ1) is 14.4. The summed E-state index contributed by atoms with van der Waals surface area (Å²) in [5.74, 6) is -0.245. The summed E-state index contributed by atoms with van der Waals surface area (Å²) < 4.78 is 8.06. The minimum atomic E-state index is -0.682. The van der Waals surface area contributed by atoms with Crippen LogP contribution in [0.2, 0.25) is 0 Å². The highest BCUT2D eigenvalue weighted by Crippen LogP contribution is 2.25. The number of likely N-dealkylation sites (tertiary alicyclic amines) is 1. The minimum Gasteiger partial charge on any atom is -0.444 e. The van der Waals surface area contributed by atoms with Crippen molar-refractivity contribution in [2.75, 3.05) is 27.2 Å². The lowest BCUT2D eigenvalue weighted by Crippen LogP contribution is -2.46. The molecule has 0 radical (unpaired) electrons. The first kappa shape index (κ1) is 22.5. The standard InChI is InChI=1S/C21H29N5O5/c1-21(2,3)31-20(30)25-9-7-14(8-10-25)26-16-15(24(6)18(28)19(26)29)11-13(12-22-16)17(27)23(4)5/h11-12,14H,7-10H2,1-6H3. The lowest BCUT2D eigenvalue weighted by Gasteiger charge is -2.34. The molecule has 2 aromatic rings. The third-order valence-electron chi connectivity index (χ3n) is 5.28. The van der Waals surface area contributed by atoms with E-state index in [1.165, 1.54) is 27.3 Å². The Morgan fingerprint density at radius 3 is 2.29 bits per heavy atom. The normalized spacial score (nSPS) is 15.2. The molecule has 2 amide bonds. The smallest absolute Gasteiger partial charge is 0.410 e. The van der Waals surface area contributed by atoms with Gasteiger partial charge in [-0.1, -0.05) is 0 Å².